The van der Waals surface area contributed by atoms with Crippen LogP contribution < -0.4 is 5.73 Å². The molecule has 1 aliphatic rings. The highest BCUT2D eigenvalue weighted by atomic mass is 16.5. The summed E-state index contributed by atoms with van der Waals surface area (Å²) in [4.78, 5) is 0. The number of hydrogen-bond acceptors (Lipinski definition) is 2. The minimum atomic E-state index is -1.01. The molecular weight excluding hydrogens is 124 g/mol. The van der Waals surface area contributed by atoms with Crippen molar-refractivity contribution in [2.24, 2.45) is 11.7 Å². The Kier molecular flexibility index (Phi) is 2.42. The van der Waals surface area contributed by atoms with Crippen LogP contribution in [0.3, 0.4) is 0 Å². The summed E-state index contributed by atoms with van der Waals surface area (Å²) in [5.41, 5.74) is 5.51. The maximum absolute atomic E-state index is 5.51. The molecule has 0 spiro atoms. The average Bonchev–Trinajstić information content (AvgIpc) is 1.88. The van der Waals surface area contributed by atoms with Gasteiger partial charge in [-0.05, 0) is 18.8 Å². The van der Waals surface area contributed by atoms with Gasteiger partial charge in [-0.25, -0.2) is 0 Å². The van der Waals surface area contributed by atoms with E-state index >= 15 is 0 Å². The molecule has 0 aromatic carbocycles. The second-order valence-corrected chi connectivity index (χ2v) is 2.89. The smallest absolute Gasteiger partial charge is 0.0820 e. The highest BCUT2D eigenvalue weighted by Crippen LogP contribution is 2.20. The van der Waals surface area contributed by atoms with E-state index in [-0.39, 0.29) is 5.92 Å². The average molecular weight is 135 g/mol. The Labute approximate surface area is 64.3 Å². The van der Waals surface area contributed by atoms with Crippen molar-refractivity contribution in [3.05, 3.63) is 0 Å². The molecule has 1 aliphatic heterocycles. The minimum absolute atomic E-state index is 0.209. The molecule has 4 heteroatoms. The van der Waals surface area contributed by atoms with E-state index in [0.29, 0.717) is 0 Å². The lowest BCUT2D eigenvalue weighted by atomic mass is 9.54. The second kappa shape index (κ2) is 2.97. The van der Waals surface area contributed by atoms with Gasteiger partial charge < -0.3 is 10.5 Å². The molecule has 0 bridgehead atoms. The molecular formula is C6H11B2NO. The summed E-state index contributed by atoms with van der Waals surface area (Å²) in [5, 5.41) is -1.01. The van der Waals surface area contributed by atoms with Crippen molar-refractivity contribution in [2.45, 2.75) is 18.2 Å². The summed E-state index contributed by atoms with van der Waals surface area (Å²) in [6.07, 6.45) is 1.76. The van der Waals surface area contributed by atoms with Crippen LogP contribution in [0.15, 0.2) is 0 Å². The SMILES string of the molecule is [B]C([B])(N)C1CCOCC1. The number of ether oxygens (including phenoxy) is 1. The van der Waals surface area contributed by atoms with Crippen LogP contribution in [0.1, 0.15) is 12.8 Å². The summed E-state index contributed by atoms with van der Waals surface area (Å²) in [6, 6.07) is 0. The molecule has 1 rings (SSSR count). The molecule has 0 aliphatic carbocycles. The number of hydrogen-bond donors (Lipinski definition) is 1. The van der Waals surface area contributed by atoms with Gasteiger partial charge in [-0.3, -0.25) is 0 Å². The zero-order valence-electron chi connectivity index (χ0n) is 6.05. The Morgan fingerprint density at radius 1 is 1.30 bits per heavy atom. The van der Waals surface area contributed by atoms with Crippen LogP contribution in [-0.4, -0.2) is 34.2 Å². The van der Waals surface area contributed by atoms with E-state index in [9.17, 15) is 0 Å². The van der Waals surface area contributed by atoms with Crippen LogP contribution in [0.5, 0.6) is 0 Å². The summed E-state index contributed by atoms with van der Waals surface area (Å²) in [5.74, 6) is 0.209. The van der Waals surface area contributed by atoms with Crippen LogP contribution in [0, 0.1) is 5.92 Å². The molecule has 0 amide bonds. The minimum Gasteiger partial charge on any atom is -0.381 e. The van der Waals surface area contributed by atoms with Gasteiger partial charge in [0.25, 0.3) is 0 Å². The summed E-state index contributed by atoms with van der Waals surface area (Å²) >= 11 is 0. The molecule has 1 saturated heterocycles. The van der Waals surface area contributed by atoms with Gasteiger partial charge in [0.15, 0.2) is 0 Å². The van der Waals surface area contributed by atoms with Gasteiger partial charge in [0, 0.05) is 13.2 Å². The van der Waals surface area contributed by atoms with E-state index in [4.69, 9.17) is 26.2 Å². The zero-order chi connectivity index (χ0) is 7.61. The molecule has 0 aromatic heterocycles. The fourth-order valence-corrected chi connectivity index (χ4v) is 1.20. The molecule has 2 N–H and O–H groups in total. The standard InChI is InChI=1S/C6H11B2NO/c7-6(8,9)5-1-3-10-4-2-5/h5H,1-4,9H2. The first kappa shape index (κ1) is 8.15. The van der Waals surface area contributed by atoms with Gasteiger partial charge in [0.2, 0.25) is 0 Å². The molecule has 1 fully saturated rings. The predicted molar refractivity (Wildman–Crippen MR) is 42.0 cm³/mol. The van der Waals surface area contributed by atoms with E-state index in [2.05, 4.69) is 0 Å². The van der Waals surface area contributed by atoms with Gasteiger partial charge in [-0.15, -0.1) is 0 Å². The quantitative estimate of drug-likeness (QED) is 0.485. The van der Waals surface area contributed by atoms with Gasteiger partial charge >= 0.3 is 0 Å². The molecule has 1 heterocycles. The van der Waals surface area contributed by atoms with Crippen molar-refractivity contribution in [3.63, 3.8) is 0 Å². The summed E-state index contributed by atoms with van der Waals surface area (Å²) in [6.45, 7) is 1.47. The van der Waals surface area contributed by atoms with Gasteiger partial charge in [-0.1, -0.05) is 5.34 Å². The maximum Gasteiger partial charge on any atom is 0.0820 e. The highest BCUT2D eigenvalue weighted by Gasteiger charge is 2.25. The first-order chi connectivity index (χ1) is 4.61. The van der Waals surface area contributed by atoms with Crippen molar-refractivity contribution in [1.29, 1.82) is 0 Å². The number of nitrogens with two attached hydrogens (primary N) is 1. The van der Waals surface area contributed by atoms with Crippen molar-refractivity contribution in [1.82, 2.24) is 0 Å². The molecule has 0 saturated carbocycles. The lowest BCUT2D eigenvalue weighted by molar-refractivity contribution is 0.0617. The van der Waals surface area contributed by atoms with Gasteiger partial charge in [0.1, 0.15) is 0 Å². The second-order valence-electron chi connectivity index (χ2n) is 2.89. The molecule has 0 unspecified atom stereocenters. The monoisotopic (exact) mass is 135 g/mol. The Morgan fingerprint density at radius 2 is 1.80 bits per heavy atom. The topological polar surface area (TPSA) is 35.2 Å². The third kappa shape index (κ3) is 2.03. The third-order valence-corrected chi connectivity index (χ3v) is 1.93. The summed E-state index contributed by atoms with van der Waals surface area (Å²) < 4.78 is 5.13. The third-order valence-electron chi connectivity index (χ3n) is 1.93. The van der Waals surface area contributed by atoms with E-state index in [1.807, 2.05) is 0 Å². The first-order valence-corrected chi connectivity index (χ1v) is 3.55. The molecule has 0 atom stereocenters. The predicted octanol–water partition coefficient (Wildman–Crippen LogP) is -0.638. The lowest BCUT2D eigenvalue weighted by Crippen LogP contribution is -2.50. The van der Waals surface area contributed by atoms with Gasteiger partial charge in [-0.2, -0.15) is 0 Å². The molecule has 0 aromatic rings. The maximum atomic E-state index is 5.51. The lowest BCUT2D eigenvalue weighted by Gasteiger charge is -2.34. The Bertz CT molecular complexity index is 107. The van der Waals surface area contributed by atoms with E-state index in [1.54, 1.807) is 0 Å². The zero-order valence-corrected chi connectivity index (χ0v) is 6.05. The fraction of sp³-hybridized carbons (Fsp3) is 1.00. The first-order valence-electron chi connectivity index (χ1n) is 3.55. The fourth-order valence-electron chi connectivity index (χ4n) is 1.20. The van der Waals surface area contributed by atoms with Crippen LogP contribution in [0.2, 0.25) is 0 Å². The van der Waals surface area contributed by atoms with Crippen molar-refractivity contribution in [2.75, 3.05) is 13.2 Å². The Balaban J connectivity index is 2.39. The molecule has 2 nitrogen and oxygen atoms in total. The van der Waals surface area contributed by atoms with Crippen molar-refractivity contribution in [3.8, 4) is 0 Å². The van der Waals surface area contributed by atoms with E-state index in [0.717, 1.165) is 26.1 Å². The normalized spacial score (nSPS) is 22.9. The Morgan fingerprint density at radius 3 is 2.10 bits per heavy atom. The molecule has 4 radical (unpaired) electrons. The van der Waals surface area contributed by atoms with Crippen LogP contribution in [0.4, 0.5) is 0 Å². The van der Waals surface area contributed by atoms with Crippen LogP contribution in [0.25, 0.3) is 0 Å². The van der Waals surface area contributed by atoms with E-state index in [1.165, 1.54) is 0 Å². The van der Waals surface area contributed by atoms with Crippen molar-refractivity contribution >= 4 is 15.7 Å². The number of rotatable bonds is 1. The largest absolute Gasteiger partial charge is 0.381 e. The molecule has 52 valence electrons. The van der Waals surface area contributed by atoms with Crippen molar-refractivity contribution < 1.29 is 4.74 Å². The summed E-state index contributed by atoms with van der Waals surface area (Å²) in [7, 11) is 11.0. The van der Waals surface area contributed by atoms with E-state index < -0.39 is 5.34 Å². The highest BCUT2D eigenvalue weighted by molar-refractivity contribution is 6.40. The molecule has 10 heavy (non-hydrogen) atoms. The Hall–Kier alpha value is 0.0499. The van der Waals surface area contributed by atoms with Crippen LogP contribution in [-0.2, 0) is 4.74 Å². The van der Waals surface area contributed by atoms with Gasteiger partial charge in [0.05, 0.1) is 15.7 Å². The van der Waals surface area contributed by atoms with Crippen LogP contribution >= 0.6 is 0 Å².